The Balaban J connectivity index is 1.99. The quantitative estimate of drug-likeness (QED) is 0.545. The Hall–Kier alpha value is -2.41. The van der Waals surface area contributed by atoms with Gasteiger partial charge >= 0.3 is 11.9 Å². The van der Waals surface area contributed by atoms with Gasteiger partial charge in [-0.1, -0.05) is 28.1 Å². The fourth-order valence-electron chi connectivity index (χ4n) is 2.58. The number of aromatic nitrogens is 1. The number of hydrogen-bond donors (Lipinski definition) is 1. The highest BCUT2D eigenvalue weighted by Crippen LogP contribution is 2.19. The van der Waals surface area contributed by atoms with E-state index in [-0.39, 0.29) is 18.7 Å². The first-order valence-electron chi connectivity index (χ1n) is 8.13. The first-order chi connectivity index (χ1) is 12.3. The van der Waals surface area contributed by atoms with Crippen molar-refractivity contribution >= 4 is 33.7 Å². The number of hydrogen-bond acceptors (Lipinski definition) is 5. The van der Waals surface area contributed by atoms with Crippen LogP contribution in [0, 0.1) is 13.8 Å². The Morgan fingerprint density at radius 3 is 2.35 bits per heavy atom. The second-order valence-corrected chi connectivity index (χ2v) is 6.65. The van der Waals surface area contributed by atoms with Crippen LogP contribution in [0.4, 0.5) is 0 Å². The van der Waals surface area contributed by atoms with Crippen molar-refractivity contribution in [3.8, 4) is 0 Å². The third-order valence-corrected chi connectivity index (χ3v) is 4.35. The summed E-state index contributed by atoms with van der Waals surface area (Å²) in [4.78, 5) is 39.1. The summed E-state index contributed by atoms with van der Waals surface area (Å²) in [5.74, 6) is -1.37. The molecule has 0 atom stereocenters. The highest BCUT2D eigenvalue weighted by atomic mass is 79.9. The van der Waals surface area contributed by atoms with E-state index < -0.39 is 24.3 Å². The van der Waals surface area contributed by atoms with Crippen LogP contribution < -0.4 is 0 Å². The maximum Gasteiger partial charge on any atom is 0.340 e. The number of esters is 2. The predicted molar refractivity (Wildman–Crippen MR) is 99.4 cm³/mol. The van der Waals surface area contributed by atoms with Crippen LogP contribution in [0.5, 0.6) is 0 Å². The van der Waals surface area contributed by atoms with Gasteiger partial charge in [-0.3, -0.25) is 9.59 Å². The van der Waals surface area contributed by atoms with E-state index in [1.165, 1.54) is 0 Å². The second kappa shape index (κ2) is 8.80. The van der Waals surface area contributed by atoms with Gasteiger partial charge in [0.05, 0.1) is 24.3 Å². The van der Waals surface area contributed by atoms with E-state index in [1.807, 2.05) is 12.1 Å². The first kappa shape index (κ1) is 19.9. The fraction of sp³-hybridized carbons (Fsp3) is 0.316. The zero-order valence-corrected chi connectivity index (χ0v) is 16.4. The molecule has 0 aliphatic rings. The van der Waals surface area contributed by atoms with Gasteiger partial charge in [0, 0.05) is 10.2 Å². The van der Waals surface area contributed by atoms with Crippen molar-refractivity contribution in [3.63, 3.8) is 0 Å². The Morgan fingerprint density at radius 1 is 1.08 bits per heavy atom. The molecule has 2 aromatic rings. The average molecular weight is 422 g/mol. The molecule has 1 heterocycles. The molecule has 138 valence electrons. The van der Waals surface area contributed by atoms with Gasteiger partial charge in [-0.15, -0.1) is 0 Å². The molecule has 0 unspecified atom stereocenters. The predicted octanol–water partition coefficient (Wildman–Crippen LogP) is 3.54. The van der Waals surface area contributed by atoms with Crippen LogP contribution in [0.15, 0.2) is 28.7 Å². The van der Waals surface area contributed by atoms with Crippen LogP contribution >= 0.6 is 15.9 Å². The van der Waals surface area contributed by atoms with Gasteiger partial charge in [-0.05, 0) is 44.0 Å². The lowest BCUT2D eigenvalue weighted by atomic mass is 10.1. The van der Waals surface area contributed by atoms with Crippen LogP contribution in [0.2, 0.25) is 0 Å². The number of carbonyl (C=O) groups is 3. The van der Waals surface area contributed by atoms with E-state index in [9.17, 15) is 14.4 Å². The molecule has 0 aliphatic heterocycles. The lowest BCUT2D eigenvalue weighted by Gasteiger charge is -2.05. The van der Waals surface area contributed by atoms with Gasteiger partial charge in [-0.2, -0.15) is 0 Å². The highest BCUT2D eigenvalue weighted by molar-refractivity contribution is 9.10. The van der Waals surface area contributed by atoms with Gasteiger partial charge < -0.3 is 14.5 Å². The van der Waals surface area contributed by atoms with Crippen LogP contribution in [-0.4, -0.2) is 35.9 Å². The van der Waals surface area contributed by atoms with Crippen molar-refractivity contribution in [2.45, 2.75) is 27.2 Å². The molecule has 6 nitrogen and oxygen atoms in total. The number of rotatable bonds is 7. The van der Waals surface area contributed by atoms with E-state index in [0.717, 1.165) is 10.0 Å². The van der Waals surface area contributed by atoms with Crippen LogP contribution in [-0.2, 0) is 20.7 Å². The number of ketones is 1. The van der Waals surface area contributed by atoms with E-state index in [2.05, 4.69) is 20.9 Å². The minimum Gasteiger partial charge on any atom is -0.462 e. The van der Waals surface area contributed by atoms with Gasteiger partial charge in [0.2, 0.25) is 5.78 Å². The summed E-state index contributed by atoms with van der Waals surface area (Å²) >= 11 is 3.32. The summed E-state index contributed by atoms with van der Waals surface area (Å²) in [6.45, 7) is 4.92. The van der Waals surface area contributed by atoms with E-state index in [1.54, 1.807) is 32.9 Å². The number of H-pyrrole nitrogens is 1. The van der Waals surface area contributed by atoms with Crippen LogP contribution in [0.1, 0.15) is 44.6 Å². The minimum atomic E-state index is -0.493. The lowest BCUT2D eigenvalue weighted by Crippen LogP contribution is -2.17. The summed E-state index contributed by atoms with van der Waals surface area (Å²) in [6, 6.07) is 7.26. The normalized spacial score (nSPS) is 10.5. The molecule has 1 aromatic carbocycles. The number of aryl methyl sites for hydroxylation is 1. The number of benzene rings is 1. The third kappa shape index (κ3) is 4.82. The first-order valence-corrected chi connectivity index (χ1v) is 8.92. The molecule has 1 N–H and O–H groups in total. The molecule has 0 saturated carbocycles. The summed E-state index contributed by atoms with van der Waals surface area (Å²) in [6.07, 6.45) is 0.0807. The lowest BCUT2D eigenvalue weighted by molar-refractivity contribution is -0.141. The summed E-state index contributed by atoms with van der Waals surface area (Å²) in [5.41, 5.74) is 2.43. The van der Waals surface area contributed by atoms with E-state index >= 15 is 0 Å². The zero-order chi connectivity index (χ0) is 19.3. The standard InChI is InChI=1S/C19H20BrNO5/c1-4-25-19(24)17-11(2)18(21-12(17)3)15(22)10-26-16(23)9-13-5-7-14(20)8-6-13/h5-8,21H,4,9-10H2,1-3H3. The molecule has 2 rings (SSSR count). The SMILES string of the molecule is CCOC(=O)c1c(C)[nH]c(C(=O)COC(=O)Cc2ccc(Br)cc2)c1C. The third-order valence-electron chi connectivity index (χ3n) is 3.82. The fourth-order valence-corrected chi connectivity index (χ4v) is 2.84. The van der Waals surface area contributed by atoms with E-state index in [0.29, 0.717) is 16.8 Å². The molecule has 0 saturated heterocycles. The molecule has 26 heavy (non-hydrogen) atoms. The number of ether oxygens (including phenoxy) is 2. The molecule has 0 aliphatic carbocycles. The molecule has 0 spiro atoms. The molecule has 0 radical (unpaired) electrons. The number of carbonyl (C=O) groups excluding carboxylic acids is 3. The van der Waals surface area contributed by atoms with Crippen LogP contribution in [0.3, 0.4) is 0 Å². The average Bonchev–Trinajstić information content (AvgIpc) is 2.89. The Morgan fingerprint density at radius 2 is 1.73 bits per heavy atom. The monoisotopic (exact) mass is 421 g/mol. The smallest absolute Gasteiger partial charge is 0.340 e. The van der Waals surface area contributed by atoms with Gasteiger partial charge in [-0.25, -0.2) is 4.79 Å². The summed E-state index contributed by atoms with van der Waals surface area (Å²) in [7, 11) is 0. The van der Waals surface area contributed by atoms with E-state index in [4.69, 9.17) is 9.47 Å². The number of Topliss-reactive ketones (excluding diaryl/α,β-unsaturated/α-hetero) is 1. The minimum absolute atomic E-state index is 0.0807. The molecule has 1 aromatic heterocycles. The topological polar surface area (TPSA) is 85.5 Å². The van der Waals surface area contributed by atoms with Crippen LogP contribution in [0.25, 0.3) is 0 Å². The highest BCUT2D eigenvalue weighted by Gasteiger charge is 2.23. The number of aromatic amines is 1. The molecular weight excluding hydrogens is 402 g/mol. The molecule has 7 heteroatoms. The largest absolute Gasteiger partial charge is 0.462 e. The zero-order valence-electron chi connectivity index (χ0n) is 14.8. The van der Waals surface area contributed by atoms with Crippen molar-refractivity contribution < 1.29 is 23.9 Å². The maximum atomic E-state index is 12.3. The Labute approximate surface area is 160 Å². The van der Waals surface area contributed by atoms with Crippen molar-refractivity contribution in [2.24, 2.45) is 0 Å². The molecule has 0 bridgehead atoms. The van der Waals surface area contributed by atoms with Crippen molar-refractivity contribution in [1.29, 1.82) is 0 Å². The van der Waals surface area contributed by atoms with Crippen molar-refractivity contribution in [1.82, 2.24) is 4.98 Å². The Kier molecular flexibility index (Phi) is 6.74. The van der Waals surface area contributed by atoms with Gasteiger partial charge in [0.25, 0.3) is 0 Å². The maximum absolute atomic E-state index is 12.3. The molecular formula is C19H20BrNO5. The van der Waals surface area contributed by atoms with Crippen molar-refractivity contribution in [3.05, 3.63) is 56.8 Å². The summed E-state index contributed by atoms with van der Waals surface area (Å²) < 4.78 is 11.0. The van der Waals surface area contributed by atoms with Gasteiger partial charge in [0.15, 0.2) is 6.61 Å². The second-order valence-electron chi connectivity index (χ2n) is 5.73. The number of nitrogens with one attached hydrogen (secondary N) is 1. The molecule has 0 amide bonds. The van der Waals surface area contributed by atoms with Gasteiger partial charge in [0.1, 0.15) is 0 Å². The number of halogens is 1. The molecule has 0 fully saturated rings. The Bertz CT molecular complexity index is 823. The van der Waals surface area contributed by atoms with Crippen molar-refractivity contribution in [2.75, 3.05) is 13.2 Å². The summed E-state index contributed by atoms with van der Waals surface area (Å²) in [5, 5.41) is 0.